The highest BCUT2D eigenvalue weighted by atomic mass is 19.4. The van der Waals surface area contributed by atoms with Gasteiger partial charge in [0.25, 0.3) is 0 Å². The van der Waals surface area contributed by atoms with Gasteiger partial charge in [-0.3, -0.25) is 0 Å². The average Bonchev–Trinajstić information content (AvgIpc) is 2.74. The first-order valence-electron chi connectivity index (χ1n) is 9.65. The Balaban J connectivity index is 1.94. The van der Waals surface area contributed by atoms with Crippen molar-refractivity contribution in [3.8, 4) is 0 Å². The van der Waals surface area contributed by atoms with Gasteiger partial charge in [0, 0.05) is 18.0 Å². The third kappa shape index (κ3) is 5.56. The average molecular weight is 458 g/mol. The summed E-state index contributed by atoms with van der Waals surface area (Å²) >= 11 is 0. The van der Waals surface area contributed by atoms with E-state index >= 15 is 0 Å². The number of halogens is 6. The molecule has 0 amide bonds. The van der Waals surface area contributed by atoms with Crippen molar-refractivity contribution in [2.45, 2.75) is 30.9 Å². The zero-order chi connectivity index (χ0) is 23.5. The van der Waals surface area contributed by atoms with Gasteiger partial charge in [0.15, 0.2) is 0 Å². The third-order valence-corrected chi connectivity index (χ3v) is 4.97. The summed E-state index contributed by atoms with van der Waals surface area (Å²) in [7, 11) is 0. The number of rotatable bonds is 7. The second-order valence-corrected chi connectivity index (χ2v) is 7.29. The number of hydrogen-bond acceptors (Lipinski definition) is 4. The highest BCUT2D eigenvalue weighted by molar-refractivity contribution is 5.86. The number of nitrogens with one attached hydrogen (secondary N) is 1. The zero-order valence-electron chi connectivity index (χ0n) is 16.6. The maximum Gasteiger partial charge on any atom is 0.433 e. The predicted octanol–water partition coefficient (Wildman–Crippen LogP) is 4.50. The number of pyridine rings is 1. The van der Waals surface area contributed by atoms with Crippen LogP contribution in [0.5, 0.6) is 0 Å². The summed E-state index contributed by atoms with van der Waals surface area (Å²) in [6.45, 7) is -0.602. The number of aliphatic hydroxyl groups excluding tert-OH is 2. The number of benzene rings is 2. The molecule has 0 bridgehead atoms. The minimum atomic E-state index is -5.00. The zero-order valence-corrected chi connectivity index (χ0v) is 16.6. The second kappa shape index (κ2) is 9.43. The molecule has 1 aromatic heterocycles. The highest BCUT2D eigenvalue weighted by Gasteiger charge is 2.38. The summed E-state index contributed by atoms with van der Waals surface area (Å²) in [5.74, 6) is 0. The molecule has 0 saturated carbocycles. The van der Waals surface area contributed by atoms with Gasteiger partial charge < -0.3 is 15.5 Å². The Hall–Kier alpha value is -2.69. The Morgan fingerprint density at radius 1 is 0.906 bits per heavy atom. The lowest BCUT2D eigenvalue weighted by molar-refractivity contribution is -0.142. The van der Waals surface area contributed by atoms with E-state index in [1.54, 1.807) is 12.1 Å². The van der Waals surface area contributed by atoms with Crippen molar-refractivity contribution < 1.29 is 36.6 Å². The number of aromatic nitrogens is 1. The minimum absolute atomic E-state index is 0.231. The number of nitrogens with zero attached hydrogens (tertiary/aromatic N) is 1. The molecule has 2 atom stereocenters. The lowest BCUT2D eigenvalue weighted by atomic mass is 9.99. The Bertz CT molecular complexity index is 1050. The summed E-state index contributed by atoms with van der Waals surface area (Å²) in [6, 6.07) is 12.0. The highest BCUT2D eigenvalue weighted by Crippen LogP contribution is 2.38. The van der Waals surface area contributed by atoms with E-state index in [0.29, 0.717) is 18.6 Å². The third-order valence-electron chi connectivity index (χ3n) is 4.97. The van der Waals surface area contributed by atoms with E-state index in [2.05, 4.69) is 10.3 Å². The smallest absolute Gasteiger partial charge is 0.395 e. The number of fused-ring (bicyclic) bond motifs is 1. The summed E-state index contributed by atoms with van der Waals surface area (Å²) < 4.78 is 80.1. The molecule has 0 spiro atoms. The van der Waals surface area contributed by atoms with Crippen LogP contribution in [-0.4, -0.2) is 34.4 Å². The summed E-state index contributed by atoms with van der Waals surface area (Å²) in [6.07, 6.45) is -11.1. The molecule has 0 aliphatic carbocycles. The molecular formula is C22H20F6N2O2. The SMILES string of the molecule is OC[C@H](Cc1ccccc1)NC[C@@H](O)c1cc(C(F)(F)F)nc2c(C(F)(F)F)cccc12. The largest absolute Gasteiger partial charge is 0.433 e. The molecule has 2 aromatic carbocycles. The molecule has 1 heterocycles. The van der Waals surface area contributed by atoms with E-state index in [9.17, 15) is 36.6 Å². The van der Waals surface area contributed by atoms with E-state index in [4.69, 9.17) is 0 Å². The van der Waals surface area contributed by atoms with Gasteiger partial charge in [-0.2, -0.15) is 26.3 Å². The lowest BCUT2D eigenvalue weighted by Crippen LogP contribution is -2.37. The molecule has 32 heavy (non-hydrogen) atoms. The molecule has 0 aliphatic rings. The quantitative estimate of drug-likeness (QED) is 0.457. The van der Waals surface area contributed by atoms with Crippen molar-refractivity contribution in [1.82, 2.24) is 10.3 Å². The van der Waals surface area contributed by atoms with Crippen molar-refractivity contribution in [3.05, 3.63) is 77.0 Å². The Morgan fingerprint density at radius 2 is 1.59 bits per heavy atom. The van der Waals surface area contributed by atoms with Gasteiger partial charge in [0.2, 0.25) is 0 Å². The monoisotopic (exact) mass is 458 g/mol. The maximum atomic E-state index is 13.4. The van der Waals surface area contributed by atoms with E-state index in [-0.39, 0.29) is 24.1 Å². The van der Waals surface area contributed by atoms with E-state index in [1.165, 1.54) is 6.07 Å². The fourth-order valence-corrected chi connectivity index (χ4v) is 3.41. The van der Waals surface area contributed by atoms with Crippen LogP contribution in [-0.2, 0) is 18.8 Å². The van der Waals surface area contributed by atoms with Crippen LogP contribution in [0.3, 0.4) is 0 Å². The van der Waals surface area contributed by atoms with Crippen LogP contribution < -0.4 is 5.32 Å². The van der Waals surface area contributed by atoms with Crippen LogP contribution in [0, 0.1) is 0 Å². The summed E-state index contributed by atoms with van der Waals surface area (Å²) in [5.41, 5.74) is -3.18. The van der Waals surface area contributed by atoms with Gasteiger partial charge >= 0.3 is 12.4 Å². The van der Waals surface area contributed by atoms with Crippen molar-refractivity contribution in [1.29, 1.82) is 0 Å². The lowest BCUT2D eigenvalue weighted by Gasteiger charge is -2.21. The van der Waals surface area contributed by atoms with Gasteiger partial charge in [0.05, 0.1) is 23.8 Å². The molecule has 172 valence electrons. The van der Waals surface area contributed by atoms with Crippen molar-refractivity contribution in [2.24, 2.45) is 0 Å². The van der Waals surface area contributed by atoms with E-state index < -0.39 is 41.3 Å². The van der Waals surface area contributed by atoms with Crippen LogP contribution in [0.1, 0.15) is 28.5 Å². The van der Waals surface area contributed by atoms with Crippen LogP contribution in [0.4, 0.5) is 26.3 Å². The first-order chi connectivity index (χ1) is 15.0. The molecule has 10 heteroatoms. The van der Waals surface area contributed by atoms with Crippen LogP contribution in [0.2, 0.25) is 0 Å². The van der Waals surface area contributed by atoms with Crippen molar-refractivity contribution >= 4 is 10.9 Å². The van der Waals surface area contributed by atoms with Crippen LogP contribution in [0.25, 0.3) is 10.9 Å². The van der Waals surface area contributed by atoms with Gasteiger partial charge in [-0.15, -0.1) is 0 Å². The summed E-state index contributed by atoms with van der Waals surface area (Å²) in [4.78, 5) is 3.21. The van der Waals surface area contributed by atoms with Crippen molar-refractivity contribution in [3.63, 3.8) is 0 Å². The van der Waals surface area contributed by atoms with E-state index in [1.807, 2.05) is 18.2 Å². The van der Waals surface area contributed by atoms with Gasteiger partial charge in [0.1, 0.15) is 5.69 Å². The molecule has 0 fully saturated rings. The van der Waals surface area contributed by atoms with Crippen molar-refractivity contribution in [2.75, 3.05) is 13.2 Å². The Kier molecular flexibility index (Phi) is 7.06. The normalized spacial score (nSPS) is 14.5. The van der Waals surface area contributed by atoms with E-state index in [0.717, 1.165) is 11.6 Å². The molecule has 0 aliphatic heterocycles. The molecule has 3 rings (SSSR count). The summed E-state index contributed by atoms with van der Waals surface area (Å²) in [5, 5.41) is 22.8. The molecule has 3 N–H and O–H groups in total. The Labute approximate surface area is 179 Å². The molecular weight excluding hydrogens is 438 g/mol. The minimum Gasteiger partial charge on any atom is -0.395 e. The number of alkyl halides is 6. The fourth-order valence-electron chi connectivity index (χ4n) is 3.41. The van der Waals surface area contributed by atoms with Gasteiger partial charge in [-0.25, -0.2) is 4.98 Å². The predicted molar refractivity (Wildman–Crippen MR) is 106 cm³/mol. The first-order valence-corrected chi connectivity index (χ1v) is 9.65. The first kappa shape index (κ1) is 24.0. The van der Waals surface area contributed by atoms with Gasteiger partial charge in [-0.1, -0.05) is 42.5 Å². The van der Waals surface area contributed by atoms with Crippen LogP contribution in [0.15, 0.2) is 54.6 Å². The standard InChI is InChI=1S/C22H20F6N2O2/c23-21(24,25)17-8-4-7-15-16(10-19(22(26,27)28)30-20(15)17)18(32)11-29-14(12-31)9-13-5-2-1-3-6-13/h1-8,10,14,18,29,31-32H,9,11-12H2/t14-,18+/m0/s1. The number of aliphatic hydroxyl groups is 2. The molecule has 4 nitrogen and oxygen atoms in total. The molecule has 0 saturated heterocycles. The fraction of sp³-hybridized carbons (Fsp3) is 0.318. The molecule has 0 radical (unpaired) electrons. The molecule has 0 unspecified atom stereocenters. The number of hydrogen-bond donors (Lipinski definition) is 3. The topological polar surface area (TPSA) is 65.4 Å². The Morgan fingerprint density at radius 3 is 2.19 bits per heavy atom. The van der Waals surface area contributed by atoms with Gasteiger partial charge in [-0.05, 0) is 29.7 Å². The van der Waals surface area contributed by atoms with Crippen LogP contribution >= 0.6 is 0 Å². The second-order valence-electron chi connectivity index (χ2n) is 7.29. The molecule has 3 aromatic rings. The maximum absolute atomic E-state index is 13.4. The number of para-hydroxylation sites is 1.